The number of anilines is 3. The molecule has 3 aromatic rings. The first-order valence-corrected chi connectivity index (χ1v) is 9.34. The normalized spacial score (nSPS) is 11.0. The van der Waals surface area contributed by atoms with Crippen LogP contribution in [0.15, 0.2) is 60.9 Å². The van der Waals surface area contributed by atoms with Crippen LogP contribution in [-0.2, 0) is 5.41 Å². The van der Waals surface area contributed by atoms with Gasteiger partial charge in [0.1, 0.15) is 11.5 Å². The zero-order chi connectivity index (χ0) is 21.0. The quantitative estimate of drug-likeness (QED) is 0.603. The Kier molecular flexibility index (Phi) is 5.73. The van der Waals surface area contributed by atoms with Gasteiger partial charge >= 0.3 is 0 Å². The standard InChI is InChI=1S/C23H24N4O2/c1-15(28)16-5-9-19(10-6-16)27-22(29)20-13-25-21(14-24-20)26-18-11-7-17(8-12-18)23(2,3)4/h5-14H,1-4H3,(H,25,26)(H,27,29). The molecule has 0 atom stereocenters. The van der Waals surface area contributed by atoms with Gasteiger partial charge in [-0.3, -0.25) is 9.59 Å². The van der Waals surface area contributed by atoms with Crippen LogP contribution in [0.3, 0.4) is 0 Å². The van der Waals surface area contributed by atoms with Gasteiger partial charge in [0, 0.05) is 16.9 Å². The Balaban J connectivity index is 1.63. The summed E-state index contributed by atoms with van der Waals surface area (Å²) < 4.78 is 0. The Hall–Kier alpha value is -3.54. The van der Waals surface area contributed by atoms with Crippen LogP contribution in [0.2, 0.25) is 0 Å². The number of amides is 1. The molecule has 0 unspecified atom stereocenters. The summed E-state index contributed by atoms with van der Waals surface area (Å²) in [4.78, 5) is 32.1. The molecule has 6 nitrogen and oxygen atoms in total. The van der Waals surface area contributed by atoms with E-state index < -0.39 is 0 Å². The first kappa shape index (κ1) is 20.2. The van der Waals surface area contributed by atoms with Gasteiger partial charge < -0.3 is 10.6 Å². The van der Waals surface area contributed by atoms with E-state index in [4.69, 9.17) is 0 Å². The SMILES string of the molecule is CC(=O)c1ccc(NC(=O)c2cnc(Nc3ccc(C(C)(C)C)cc3)cn2)cc1. The molecule has 6 heteroatoms. The molecule has 2 aromatic carbocycles. The minimum Gasteiger partial charge on any atom is -0.339 e. The molecule has 1 aromatic heterocycles. The van der Waals surface area contributed by atoms with E-state index in [2.05, 4.69) is 53.5 Å². The van der Waals surface area contributed by atoms with Crippen LogP contribution >= 0.6 is 0 Å². The molecule has 0 saturated heterocycles. The van der Waals surface area contributed by atoms with Gasteiger partial charge in [0.15, 0.2) is 5.78 Å². The van der Waals surface area contributed by atoms with Crippen molar-refractivity contribution in [2.24, 2.45) is 0 Å². The fourth-order valence-corrected chi connectivity index (χ4v) is 2.69. The van der Waals surface area contributed by atoms with E-state index in [1.807, 2.05) is 12.1 Å². The van der Waals surface area contributed by atoms with Gasteiger partial charge in [-0.25, -0.2) is 9.97 Å². The van der Waals surface area contributed by atoms with Crippen LogP contribution in [0.25, 0.3) is 0 Å². The number of aromatic nitrogens is 2. The molecule has 2 N–H and O–H groups in total. The molecule has 29 heavy (non-hydrogen) atoms. The predicted molar refractivity (Wildman–Crippen MR) is 115 cm³/mol. The molecule has 0 aliphatic carbocycles. The maximum Gasteiger partial charge on any atom is 0.275 e. The van der Waals surface area contributed by atoms with Gasteiger partial charge in [0.25, 0.3) is 5.91 Å². The second-order valence-corrected chi connectivity index (χ2v) is 7.83. The highest BCUT2D eigenvalue weighted by Gasteiger charge is 2.13. The zero-order valence-electron chi connectivity index (χ0n) is 17.0. The van der Waals surface area contributed by atoms with E-state index in [0.29, 0.717) is 17.1 Å². The van der Waals surface area contributed by atoms with E-state index >= 15 is 0 Å². The van der Waals surface area contributed by atoms with Gasteiger partial charge in [-0.1, -0.05) is 32.9 Å². The predicted octanol–water partition coefficient (Wildman–Crippen LogP) is 4.97. The minimum absolute atomic E-state index is 0.0233. The topological polar surface area (TPSA) is 84.0 Å². The van der Waals surface area contributed by atoms with Crippen molar-refractivity contribution in [1.29, 1.82) is 0 Å². The number of Topliss-reactive ketones (excluding diaryl/α,β-unsaturated/α-hetero) is 1. The van der Waals surface area contributed by atoms with Crippen molar-refractivity contribution >= 4 is 28.9 Å². The first-order chi connectivity index (χ1) is 13.7. The van der Waals surface area contributed by atoms with E-state index in [1.165, 1.54) is 24.9 Å². The average Bonchev–Trinajstić information content (AvgIpc) is 2.68. The lowest BCUT2D eigenvalue weighted by atomic mass is 9.87. The molecule has 0 bridgehead atoms. The third-order valence-corrected chi connectivity index (χ3v) is 4.46. The van der Waals surface area contributed by atoms with Gasteiger partial charge in [-0.15, -0.1) is 0 Å². The summed E-state index contributed by atoms with van der Waals surface area (Å²) in [5.74, 6) is 0.162. The lowest BCUT2D eigenvalue weighted by molar-refractivity contribution is 0.101. The monoisotopic (exact) mass is 388 g/mol. The number of nitrogens with one attached hydrogen (secondary N) is 2. The highest BCUT2D eigenvalue weighted by molar-refractivity contribution is 6.03. The number of carbonyl (C=O) groups is 2. The minimum atomic E-state index is -0.367. The Morgan fingerprint density at radius 1 is 0.828 bits per heavy atom. The Morgan fingerprint density at radius 3 is 1.97 bits per heavy atom. The van der Waals surface area contributed by atoms with Gasteiger partial charge in [-0.2, -0.15) is 0 Å². The van der Waals surface area contributed by atoms with Crippen molar-refractivity contribution in [3.8, 4) is 0 Å². The maximum atomic E-state index is 12.3. The first-order valence-electron chi connectivity index (χ1n) is 9.34. The van der Waals surface area contributed by atoms with Gasteiger partial charge in [0.05, 0.1) is 12.4 Å². The molecule has 0 aliphatic heterocycles. The Morgan fingerprint density at radius 2 is 1.45 bits per heavy atom. The number of hydrogen-bond acceptors (Lipinski definition) is 5. The van der Waals surface area contributed by atoms with Crippen molar-refractivity contribution in [2.45, 2.75) is 33.1 Å². The van der Waals surface area contributed by atoms with Crippen molar-refractivity contribution in [3.63, 3.8) is 0 Å². The zero-order valence-corrected chi connectivity index (χ0v) is 17.0. The molecule has 3 rings (SSSR count). The third-order valence-electron chi connectivity index (χ3n) is 4.46. The fourth-order valence-electron chi connectivity index (χ4n) is 2.69. The number of benzene rings is 2. The smallest absolute Gasteiger partial charge is 0.275 e. The number of ketones is 1. The van der Waals surface area contributed by atoms with Crippen molar-refractivity contribution in [2.75, 3.05) is 10.6 Å². The summed E-state index contributed by atoms with van der Waals surface area (Å²) in [5, 5.41) is 5.92. The van der Waals surface area contributed by atoms with E-state index in [-0.39, 0.29) is 22.8 Å². The third kappa shape index (κ3) is 5.25. The van der Waals surface area contributed by atoms with E-state index in [9.17, 15) is 9.59 Å². The van der Waals surface area contributed by atoms with Gasteiger partial charge in [-0.05, 0) is 54.3 Å². The summed E-state index contributed by atoms with van der Waals surface area (Å²) in [6.07, 6.45) is 2.94. The van der Waals surface area contributed by atoms with Crippen LogP contribution in [0.1, 0.15) is 54.1 Å². The summed E-state index contributed by atoms with van der Waals surface area (Å²) in [7, 11) is 0. The second kappa shape index (κ2) is 8.22. The lowest BCUT2D eigenvalue weighted by Gasteiger charge is -2.19. The highest BCUT2D eigenvalue weighted by atomic mass is 16.2. The summed E-state index contributed by atoms with van der Waals surface area (Å²) in [6, 6.07) is 14.8. The fraction of sp³-hybridized carbons (Fsp3) is 0.217. The van der Waals surface area contributed by atoms with E-state index in [1.54, 1.807) is 24.3 Å². The van der Waals surface area contributed by atoms with Crippen LogP contribution in [0.5, 0.6) is 0 Å². The molecule has 0 aliphatic rings. The summed E-state index contributed by atoms with van der Waals surface area (Å²) >= 11 is 0. The largest absolute Gasteiger partial charge is 0.339 e. The van der Waals surface area contributed by atoms with Gasteiger partial charge in [0.2, 0.25) is 0 Å². The van der Waals surface area contributed by atoms with Crippen molar-refractivity contribution < 1.29 is 9.59 Å². The van der Waals surface area contributed by atoms with E-state index in [0.717, 1.165) is 5.69 Å². The Bertz CT molecular complexity index is 1000. The molecule has 0 fully saturated rings. The molecular formula is C23H24N4O2. The number of rotatable bonds is 5. The lowest BCUT2D eigenvalue weighted by Crippen LogP contribution is -2.14. The van der Waals surface area contributed by atoms with Crippen molar-refractivity contribution in [1.82, 2.24) is 9.97 Å². The molecule has 148 valence electrons. The summed E-state index contributed by atoms with van der Waals surface area (Å²) in [5.41, 5.74) is 3.62. The molecule has 0 spiro atoms. The molecule has 1 amide bonds. The van der Waals surface area contributed by atoms with Crippen LogP contribution in [0.4, 0.5) is 17.2 Å². The van der Waals surface area contributed by atoms with Crippen molar-refractivity contribution in [3.05, 3.63) is 77.7 Å². The molecular weight excluding hydrogens is 364 g/mol. The molecule has 0 radical (unpaired) electrons. The second-order valence-electron chi connectivity index (χ2n) is 7.83. The van der Waals surface area contributed by atoms with Crippen LogP contribution < -0.4 is 10.6 Å². The molecule has 0 saturated carbocycles. The Labute approximate surface area is 170 Å². The van der Waals surface area contributed by atoms with Crippen LogP contribution in [-0.4, -0.2) is 21.7 Å². The van der Waals surface area contributed by atoms with Crippen LogP contribution in [0, 0.1) is 0 Å². The number of carbonyl (C=O) groups excluding carboxylic acids is 2. The number of nitrogens with zero attached hydrogens (tertiary/aromatic N) is 2. The summed E-state index contributed by atoms with van der Waals surface area (Å²) in [6.45, 7) is 8.00. The molecule has 1 heterocycles. The maximum absolute atomic E-state index is 12.3. The number of hydrogen-bond donors (Lipinski definition) is 2. The average molecular weight is 388 g/mol. The highest BCUT2D eigenvalue weighted by Crippen LogP contribution is 2.24.